The Morgan fingerprint density at radius 1 is 1.67 bits per heavy atom. The second kappa shape index (κ2) is 5.72. The molecule has 0 aliphatic carbocycles. The van der Waals surface area contributed by atoms with Crippen LogP contribution in [0.5, 0.6) is 0 Å². The number of nitrogens with two attached hydrogens (primary N) is 1. The normalized spacial score (nSPS) is 10.5. The van der Waals surface area contributed by atoms with Gasteiger partial charge in [-0.3, -0.25) is 0 Å². The quantitative estimate of drug-likeness (QED) is 0.677. The largest absolute Gasteiger partial charge is 0.476 e. The molecule has 0 aliphatic heterocycles. The van der Waals surface area contributed by atoms with Crippen LogP contribution >= 0.6 is 11.8 Å². The van der Waals surface area contributed by atoms with Crippen molar-refractivity contribution < 1.29 is 9.90 Å². The topological polar surface area (TPSA) is 94.0 Å². The van der Waals surface area contributed by atoms with Crippen molar-refractivity contribution in [2.45, 2.75) is 20.0 Å². The van der Waals surface area contributed by atoms with Gasteiger partial charge < -0.3 is 10.8 Å². The number of hydrogen-bond donors (Lipinski definition) is 2. The highest BCUT2D eigenvalue weighted by Gasteiger charge is 2.16. The molecule has 0 amide bonds. The van der Waals surface area contributed by atoms with Crippen molar-refractivity contribution in [2.75, 3.05) is 11.5 Å². The summed E-state index contributed by atoms with van der Waals surface area (Å²) < 4.78 is 1.56. The van der Waals surface area contributed by atoms with E-state index < -0.39 is 5.97 Å². The van der Waals surface area contributed by atoms with Crippen LogP contribution in [0.25, 0.3) is 0 Å². The van der Waals surface area contributed by atoms with Crippen LogP contribution in [0.4, 0.5) is 0 Å². The van der Waals surface area contributed by atoms with E-state index in [0.717, 1.165) is 11.5 Å². The van der Waals surface area contributed by atoms with Gasteiger partial charge in [-0.2, -0.15) is 11.8 Å². The van der Waals surface area contributed by atoms with E-state index in [1.807, 2.05) is 0 Å². The van der Waals surface area contributed by atoms with Gasteiger partial charge in [0.15, 0.2) is 5.69 Å². The molecule has 1 aromatic heterocycles. The van der Waals surface area contributed by atoms with Gasteiger partial charge in [-0.25, -0.2) is 9.48 Å². The number of hydrogen-bond acceptors (Lipinski definition) is 5. The van der Waals surface area contributed by atoms with Crippen molar-refractivity contribution >= 4 is 17.7 Å². The zero-order valence-corrected chi connectivity index (χ0v) is 9.33. The van der Waals surface area contributed by atoms with E-state index in [-0.39, 0.29) is 12.2 Å². The van der Waals surface area contributed by atoms with Crippen LogP contribution in [0.1, 0.15) is 23.1 Å². The molecule has 0 saturated heterocycles. The molecule has 0 fully saturated rings. The third-order valence-electron chi connectivity index (χ3n) is 1.89. The number of carboxylic acid groups (broad SMARTS) is 1. The maximum Gasteiger partial charge on any atom is 0.358 e. The lowest BCUT2D eigenvalue weighted by atomic mass is 10.3. The van der Waals surface area contributed by atoms with Crippen LogP contribution in [0.2, 0.25) is 0 Å². The Morgan fingerprint density at radius 2 is 2.40 bits per heavy atom. The van der Waals surface area contributed by atoms with Crippen LogP contribution < -0.4 is 5.73 Å². The standard InChI is InChI=1S/C8H14N4O2S/c1-2-15-4-3-12-6(5-9)7(8(13)14)10-11-12/h2-5,9H2,1H3,(H,13,14). The van der Waals surface area contributed by atoms with Gasteiger partial charge in [0.2, 0.25) is 0 Å². The Kier molecular flexibility index (Phi) is 4.57. The number of rotatable bonds is 6. The Morgan fingerprint density at radius 3 is 2.93 bits per heavy atom. The summed E-state index contributed by atoms with van der Waals surface area (Å²) in [5, 5.41) is 16.2. The van der Waals surface area contributed by atoms with Gasteiger partial charge in [-0.15, -0.1) is 5.10 Å². The van der Waals surface area contributed by atoms with Crippen molar-refractivity contribution in [3.8, 4) is 0 Å². The average Bonchev–Trinajstić information content (AvgIpc) is 2.61. The molecule has 1 aromatic rings. The summed E-state index contributed by atoms with van der Waals surface area (Å²) >= 11 is 1.76. The summed E-state index contributed by atoms with van der Waals surface area (Å²) in [6.07, 6.45) is 0. The van der Waals surface area contributed by atoms with Crippen molar-refractivity contribution in [1.29, 1.82) is 0 Å². The summed E-state index contributed by atoms with van der Waals surface area (Å²) in [5.74, 6) is 0.828. The molecule has 0 aromatic carbocycles. The van der Waals surface area contributed by atoms with Gasteiger partial charge >= 0.3 is 5.97 Å². The Labute approximate surface area is 91.8 Å². The molecule has 0 aliphatic rings. The van der Waals surface area contributed by atoms with Crippen LogP contribution in [-0.2, 0) is 13.1 Å². The minimum absolute atomic E-state index is 0.0426. The second-order valence-corrected chi connectivity index (χ2v) is 4.21. The van der Waals surface area contributed by atoms with Crippen LogP contribution in [0.3, 0.4) is 0 Å². The number of aryl methyl sites for hydroxylation is 1. The van der Waals surface area contributed by atoms with E-state index in [1.54, 1.807) is 16.4 Å². The minimum atomic E-state index is -1.08. The molecule has 0 atom stereocenters. The lowest BCUT2D eigenvalue weighted by Crippen LogP contribution is -2.13. The molecule has 0 unspecified atom stereocenters. The highest BCUT2D eigenvalue weighted by atomic mass is 32.2. The van der Waals surface area contributed by atoms with Gasteiger partial charge in [0.25, 0.3) is 0 Å². The predicted octanol–water partition coefficient (Wildman–Crippen LogP) is 0.188. The maximum absolute atomic E-state index is 10.7. The smallest absolute Gasteiger partial charge is 0.358 e. The highest BCUT2D eigenvalue weighted by molar-refractivity contribution is 7.99. The van der Waals surface area contributed by atoms with Gasteiger partial charge in [0, 0.05) is 12.3 Å². The highest BCUT2D eigenvalue weighted by Crippen LogP contribution is 2.06. The molecular weight excluding hydrogens is 216 g/mol. The fourth-order valence-electron chi connectivity index (χ4n) is 1.18. The minimum Gasteiger partial charge on any atom is -0.476 e. The van der Waals surface area contributed by atoms with E-state index in [9.17, 15) is 4.79 Å². The molecule has 84 valence electrons. The van der Waals surface area contributed by atoms with Crippen LogP contribution in [0.15, 0.2) is 0 Å². The molecule has 0 saturated carbocycles. The zero-order valence-electron chi connectivity index (χ0n) is 8.51. The van der Waals surface area contributed by atoms with Crippen LogP contribution in [0, 0.1) is 0 Å². The molecule has 6 nitrogen and oxygen atoms in total. The lowest BCUT2D eigenvalue weighted by molar-refractivity contribution is 0.0689. The fourth-order valence-corrected chi connectivity index (χ4v) is 1.77. The summed E-state index contributed by atoms with van der Waals surface area (Å²) in [5.41, 5.74) is 5.91. The summed E-state index contributed by atoms with van der Waals surface area (Å²) in [7, 11) is 0. The van der Waals surface area contributed by atoms with E-state index in [0.29, 0.717) is 12.2 Å². The number of thioether (sulfide) groups is 1. The third kappa shape index (κ3) is 2.93. The van der Waals surface area contributed by atoms with E-state index in [4.69, 9.17) is 10.8 Å². The summed E-state index contributed by atoms with van der Waals surface area (Å²) in [6, 6.07) is 0. The SMILES string of the molecule is CCSCCn1nnc(C(=O)O)c1CN. The average molecular weight is 230 g/mol. The molecule has 0 bridgehead atoms. The van der Waals surface area contributed by atoms with Crippen molar-refractivity contribution in [2.24, 2.45) is 5.73 Å². The van der Waals surface area contributed by atoms with Crippen molar-refractivity contribution in [3.63, 3.8) is 0 Å². The number of aromatic carboxylic acids is 1. The molecular formula is C8H14N4O2S. The Bertz CT molecular complexity index is 339. The molecule has 7 heteroatoms. The van der Waals surface area contributed by atoms with Crippen molar-refractivity contribution in [1.82, 2.24) is 15.0 Å². The van der Waals surface area contributed by atoms with Crippen LogP contribution in [-0.4, -0.2) is 37.6 Å². The van der Waals surface area contributed by atoms with Gasteiger partial charge in [-0.05, 0) is 5.75 Å². The van der Waals surface area contributed by atoms with E-state index in [2.05, 4.69) is 17.2 Å². The first-order valence-corrected chi connectivity index (χ1v) is 5.79. The van der Waals surface area contributed by atoms with E-state index in [1.165, 1.54) is 0 Å². The molecule has 0 spiro atoms. The molecule has 3 N–H and O–H groups in total. The number of carboxylic acids is 1. The number of aromatic nitrogens is 3. The fraction of sp³-hybridized carbons (Fsp3) is 0.625. The molecule has 15 heavy (non-hydrogen) atoms. The lowest BCUT2D eigenvalue weighted by Gasteiger charge is -2.03. The van der Waals surface area contributed by atoms with Crippen molar-refractivity contribution in [3.05, 3.63) is 11.4 Å². The number of carbonyl (C=O) groups is 1. The summed E-state index contributed by atoms with van der Waals surface area (Å²) in [6.45, 7) is 2.86. The number of nitrogens with zero attached hydrogens (tertiary/aromatic N) is 3. The Hall–Kier alpha value is -1.08. The summed E-state index contributed by atoms with van der Waals surface area (Å²) in [4.78, 5) is 10.7. The second-order valence-electron chi connectivity index (χ2n) is 2.81. The van der Waals surface area contributed by atoms with Gasteiger partial charge in [-0.1, -0.05) is 12.1 Å². The van der Waals surface area contributed by atoms with Gasteiger partial charge in [0.05, 0.1) is 12.2 Å². The maximum atomic E-state index is 10.7. The first-order chi connectivity index (χ1) is 7.20. The first-order valence-electron chi connectivity index (χ1n) is 4.64. The molecule has 0 radical (unpaired) electrons. The Balaban J connectivity index is 2.75. The predicted molar refractivity (Wildman–Crippen MR) is 57.9 cm³/mol. The molecule has 1 heterocycles. The third-order valence-corrected chi connectivity index (χ3v) is 2.76. The first kappa shape index (κ1) is 12.0. The molecule has 1 rings (SSSR count). The van der Waals surface area contributed by atoms with Gasteiger partial charge in [0.1, 0.15) is 0 Å². The zero-order chi connectivity index (χ0) is 11.3. The monoisotopic (exact) mass is 230 g/mol. The van der Waals surface area contributed by atoms with E-state index >= 15 is 0 Å².